The highest BCUT2D eigenvalue weighted by Gasteiger charge is 2.36. The molecule has 4 rings (SSSR count). The molecule has 0 aromatic heterocycles. The Kier molecular flexibility index (Phi) is 9.13. The van der Waals surface area contributed by atoms with Crippen LogP contribution in [0.25, 0.3) is 11.6 Å². The van der Waals surface area contributed by atoms with Gasteiger partial charge >= 0.3 is 12.6 Å². The van der Waals surface area contributed by atoms with Gasteiger partial charge in [-0.1, -0.05) is 23.7 Å². The molecule has 0 radical (unpaired) electrons. The number of rotatable bonds is 9. The topological polar surface area (TPSA) is 82.1 Å². The van der Waals surface area contributed by atoms with Crippen molar-refractivity contribution in [2.24, 2.45) is 0 Å². The van der Waals surface area contributed by atoms with Crippen molar-refractivity contribution < 1.29 is 45.0 Å². The zero-order valence-corrected chi connectivity index (χ0v) is 23.3. The Morgan fingerprint density at radius 3 is 2.56 bits per heavy atom. The van der Waals surface area contributed by atoms with Crippen molar-refractivity contribution in [3.8, 4) is 11.5 Å². The van der Waals surface area contributed by atoms with Gasteiger partial charge < -0.3 is 14.2 Å². The monoisotopic (exact) mass is 613 g/mol. The SMILES string of the molecule is COC(=O)CC[C@H]1CN(S(=O)(=O)c2cccc(OC(F)F)c2)c2cc(/C=C(\C)c3c(F)cccc3Cl)c(F)cc2O1. The molecule has 0 N–H and O–H groups in total. The highest BCUT2D eigenvalue weighted by Crippen LogP contribution is 2.41. The van der Waals surface area contributed by atoms with E-state index in [9.17, 15) is 26.4 Å². The van der Waals surface area contributed by atoms with Gasteiger partial charge in [0, 0.05) is 29.7 Å². The van der Waals surface area contributed by atoms with E-state index in [4.69, 9.17) is 16.3 Å². The van der Waals surface area contributed by atoms with Crippen molar-refractivity contribution in [2.45, 2.75) is 37.4 Å². The van der Waals surface area contributed by atoms with Crippen LogP contribution in [0.2, 0.25) is 5.02 Å². The molecule has 13 heteroatoms. The summed E-state index contributed by atoms with van der Waals surface area (Å²) in [6, 6.07) is 10.8. The average Bonchev–Trinajstić information content (AvgIpc) is 2.91. The van der Waals surface area contributed by atoms with Crippen LogP contribution >= 0.6 is 11.6 Å². The molecule has 0 unspecified atom stereocenters. The molecule has 41 heavy (non-hydrogen) atoms. The first-order chi connectivity index (χ1) is 19.4. The summed E-state index contributed by atoms with van der Waals surface area (Å²) in [6.07, 6.45) is 0.372. The quantitative estimate of drug-likeness (QED) is 0.152. The number of anilines is 1. The molecule has 0 fully saturated rings. The number of sulfonamides is 1. The smallest absolute Gasteiger partial charge is 0.387 e. The van der Waals surface area contributed by atoms with Crippen molar-refractivity contribution in [1.82, 2.24) is 0 Å². The largest absolute Gasteiger partial charge is 0.486 e. The molecule has 1 heterocycles. The number of hydrogen-bond acceptors (Lipinski definition) is 6. The maximum atomic E-state index is 15.3. The molecule has 0 bridgehead atoms. The Morgan fingerprint density at radius 2 is 1.88 bits per heavy atom. The van der Waals surface area contributed by atoms with Crippen LogP contribution in [-0.4, -0.2) is 40.8 Å². The zero-order valence-electron chi connectivity index (χ0n) is 21.7. The fraction of sp³-hybridized carbons (Fsp3) is 0.250. The Balaban J connectivity index is 1.81. The lowest BCUT2D eigenvalue weighted by atomic mass is 10.0. The first kappa shape index (κ1) is 30.2. The molecule has 218 valence electrons. The predicted molar refractivity (Wildman–Crippen MR) is 145 cm³/mol. The highest BCUT2D eigenvalue weighted by atomic mass is 35.5. The van der Waals surface area contributed by atoms with Crippen LogP contribution in [0.5, 0.6) is 11.5 Å². The molecule has 0 amide bonds. The average molecular weight is 614 g/mol. The fourth-order valence-corrected chi connectivity index (χ4v) is 6.18. The highest BCUT2D eigenvalue weighted by molar-refractivity contribution is 7.92. The molecular formula is C28H24ClF4NO6S. The van der Waals surface area contributed by atoms with E-state index < -0.39 is 40.3 Å². The van der Waals surface area contributed by atoms with Gasteiger partial charge in [-0.2, -0.15) is 8.78 Å². The number of alkyl halides is 2. The molecule has 0 saturated carbocycles. The number of halogens is 5. The van der Waals surface area contributed by atoms with E-state index in [2.05, 4.69) is 9.47 Å². The fourth-order valence-electron chi connectivity index (χ4n) is 4.34. The molecule has 1 aliphatic heterocycles. The summed E-state index contributed by atoms with van der Waals surface area (Å²) < 4.78 is 98.7. The van der Waals surface area contributed by atoms with Crippen LogP contribution in [0.3, 0.4) is 0 Å². The summed E-state index contributed by atoms with van der Waals surface area (Å²) >= 11 is 6.15. The molecule has 3 aromatic rings. The van der Waals surface area contributed by atoms with E-state index >= 15 is 4.39 Å². The number of allylic oxidation sites excluding steroid dienone is 1. The number of hydrogen-bond donors (Lipinski definition) is 0. The van der Waals surface area contributed by atoms with Crippen molar-refractivity contribution in [1.29, 1.82) is 0 Å². The molecule has 3 aromatic carbocycles. The van der Waals surface area contributed by atoms with E-state index in [-0.39, 0.29) is 63.2 Å². The number of nitrogens with zero attached hydrogens (tertiary/aromatic N) is 1. The molecule has 0 spiro atoms. The molecular weight excluding hydrogens is 590 g/mol. The van der Waals surface area contributed by atoms with Gasteiger partial charge in [-0.3, -0.25) is 9.10 Å². The van der Waals surface area contributed by atoms with Crippen LogP contribution in [0, 0.1) is 11.6 Å². The minimum Gasteiger partial charge on any atom is -0.486 e. The van der Waals surface area contributed by atoms with Crippen LogP contribution in [0.4, 0.5) is 23.2 Å². The molecule has 7 nitrogen and oxygen atoms in total. The summed E-state index contributed by atoms with van der Waals surface area (Å²) in [5.41, 5.74) is 0.170. The van der Waals surface area contributed by atoms with E-state index in [1.807, 2.05) is 0 Å². The van der Waals surface area contributed by atoms with Gasteiger partial charge in [0.15, 0.2) is 0 Å². The summed E-state index contributed by atoms with van der Waals surface area (Å²) in [7, 11) is -3.25. The summed E-state index contributed by atoms with van der Waals surface area (Å²) in [5.74, 6) is -2.49. The number of benzene rings is 3. The third-order valence-electron chi connectivity index (χ3n) is 6.26. The standard InChI is InChI=1S/C28H24ClF4NO6S/c1-16(27-21(29)7-4-8-22(27)30)11-17-12-24-25(14-23(17)31)39-19(9-10-26(35)38-2)15-34(24)41(36,37)20-6-3-5-18(13-20)40-28(32)33/h3-8,11-14,19,28H,9-10,15H2,1-2H3/b16-11+/t19-/m0/s1. The summed E-state index contributed by atoms with van der Waals surface area (Å²) in [6.45, 7) is -1.95. The van der Waals surface area contributed by atoms with Gasteiger partial charge in [0.25, 0.3) is 10.0 Å². The van der Waals surface area contributed by atoms with Crippen molar-refractivity contribution in [3.05, 3.63) is 82.4 Å². The van der Waals surface area contributed by atoms with Gasteiger partial charge in [-0.05, 0) is 55.3 Å². The second kappa shape index (κ2) is 12.4. The number of ether oxygens (including phenoxy) is 3. The number of fused-ring (bicyclic) bond motifs is 1. The Labute approximate surface area is 238 Å². The summed E-state index contributed by atoms with van der Waals surface area (Å²) in [5, 5.41) is 0.101. The zero-order chi connectivity index (χ0) is 29.9. The van der Waals surface area contributed by atoms with E-state index in [1.54, 1.807) is 0 Å². The second-order valence-corrected chi connectivity index (χ2v) is 11.3. The first-order valence-corrected chi connectivity index (χ1v) is 14.0. The van der Waals surface area contributed by atoms with Crippen LogP contribution < -0.4 is 13.8 Å². The number of carbonyl (C=O) groups is 1. The Bertz CT molecular complexity index is 1580. The van der Waals surface area contributed by atoms with Gasteiger partial charge in [0.2, 0.25) is 0 Å². The maximum absolute atomic E-state index is 15.3. The Hall–Kier alpha value is -3.77. The van der Waals surface area contributed by atoms with Gasteiger partial charge in [-0.15, -0.1) is 0 Å². The van der Waals surface area contributed by atoms with E-state index in [0.29, 0.717) is 0 Å². The molecule has 1 aliphatic rings. The van der Waals surface area contributed by atoms with Crippen LogP contribution in [0.15, 0.2) is 59.5 Å². The van der Waals surface area contributed by atoms with Gasteiger partial charge in [0.1, 0.15) is 29.2 Å². The van der Waals surface area contributed by atoms with E-state index in [0.717, 1.165) is 16.4 Å². The number of methoxy groups -OCH3 is 1. The third kappa shape index (κ3) is 6.76. The minimum atomic E-state index is -4.45. The lowest BCUT2D eigenvalue weighted by Gasteiger charge is -2.35. The van der Waals surface area contributed by atoms with Crippen molar-refractivity contribution in [3.63, 3.8) is 0 Å². The second-order valence-electron chi connectivity index (χ2n) is 9.01. The van der Waals surface area contributed by atoms with Gasteiger partial charge in [-0.25, -0.2) is 17.2 Å². The first-order valence-electron chi connectivity index (χ1n) is 12.2. The van der Waals surface area contributed by atoms with Crippen LogP contribution in [0.1, 0.15) is 30.9 Å². The number of carbonyl (C=O) groups excluding carboxylic acids is 1. The predicted octanol–water partition coefficient (Wildman–Crippen LogP) is 6.69. The lowest BCUT2D eigenvalue weighted by molar-refractivity contribution is -0.141. The lowest BCUT2D eigenvalue weighted by Crippen LogP contribution is -2.43. The van der Waals surface area contributed by atoms with E-state index in [1.165, 1.54) is 62.6 Å². The number of esters is 1. The molecule has 0 saturated heterocycles. The minimum absolute atomic E-state index is 0.0425. The van der Waals surface area contributed by atoms with Crippen LogP contribution in [-0.2, 0) is 19.6 Å². The normalized spacial score (nSPS) is 15.4. The maximum Gasteiger partial charge on any atom is 0.387 e. The summed E-state index contributed by atoms with van der Waals surface area (Å²) in [4.78, 5) is 11.3. The molecule has 1 atom stereocenters. The third-order valence-corrected chi connectivity index (χ3v) is 8.35. The molecule has 0 aliphatic carbocycles. The van der Waals surface area contributed by atoms with Crippen molar-refractivity contribution in [2.75, 3.05) is 18.0 Å². The Morgan fingerprint density at radius 1 is 1.15 bits per heavy atom. The van der Waals surface area contributed by atoms with Gasteiger partial charge in [0.05, 0.1) is 29.3 Å². The van der Waals surface area contributed by atoms with Crippen molar-refractivity contribution >= 4 is 44.9 Å².